The van der Waals surface area contributed by atoms with Crippen molar-refractivity contribution in [3.05, 3.63) is 40.2 Å². The van der Waals surface area contributed by atoms with Crippen LogP contribution in [0.5, 0.6) is 0 Å². The summed E-state index contributed by atoms with van der Waals surface area (Å²) in [5.74, 6) is -0.387. The predicted octanol–water partition coefficient (Wildman–Crippen LogP) is 3.19. The molecule has 0 saturated carbocycles. The van der Waals surface area contributed by atoms with Crippen molar-refractivity contribution in [1.29, 1.82) is 0 Å². The molecular weight excluding hydrogens is 261 g/mol. The summed E-state index contributed by atoms with van der Waals surface area (Å²) in [6.07, 6.45) is 0.866. The first kappa shape index (κ1) is 10.5. The van der Waals surface area contributed by atoms with Gasteiger partial charge in [0.25, 0.3) is 0 Å². The zero-order valence-electron chi connectivity index (χ0n) is 8.04. The third-order valence-electron chi connectivity index (χ3n) is 2.25. The predicted molar refractivity (Wildman–Crippen MR) is 60.0 cm³/mol. The van der Waals surface area contributed by atoms with Crippen molar-refractivity contribution in [2.24, 2.45) is 0 Å². The lowest BCUT2D eigenvalue weighted by molar-refractivity contribution is 0.201. The SMILES string of the molecule is CC(O)c1ccnc2c(F)cc(Br)cc12. The number of aliphatic hydroxyl groups is 1. The minimum atomic E-state index is -0.635. The molecule has 15 heavy (non-hydrogen) atoms. The molecule has 0 aliphatic rings. The van der Waals surface area contributed by atoms with Crippen LogP contribution >= 0.6 is 15.9 Å². The number of hydrogen-bond acceptors (Lipinski definition) is 2. The molecule has 2 aromatic rings. The summed E-state index contributed by atoms with van der Waals surface area (Å²) < 4.78 is 14.2. The fourth-order valence-corrected chi connectivity index (χ4v) is 1.99. The fourth-order valence-electron chi connectivity index (χ4n) is 1.56. The molecule has 2 rings (SSSR count). The molecule has 1 N–H and O–H groups in total. The van der Waals surface area contributed by atoms with Crippen molar-refractivity contribution in [3.8, 4) is 0 Å². The van der Waals surface area contributed by atoms with E-state index >= 15 is 0 Å². The zero-order valence-corrected chi connectivity index (χ0v) is 9.62. The smallest absolute Gasteiger partial charge is 0.150 e. The van der Waals surface area contributed by atoms with Gasteiger partial charge < -0.3 is 5.11 Å². The lowest BCUT2D eigenvalue weighted by atomic mass is 10.1. The Hall–Kier alpha value is -1.00. The molecule has 0 aliphatic carbocycles. The van der Waals surface area contributed by atoms with E-state index in [1.165, 1.54) is 12.3 Å². The van der Waals surface area contributed by atoms with Gasteiger partial charge in [-0.25, -0.2) is 4.39 Å². The fraction of sp³-hybridized carbons (Fsp3) is 0.182. The van der Waals surface area contributed by atoms with E-state index in [-0.39, 0.29) is 11.3 Å². The van der Waals surface area contributed by atoms with Gasteiger partial charge in [0.2, 0.25) is 0 Å². The number of fused-ring (bicyclic) bond motifs is 1. The second-order valence-electron chi connectivity index (χ2n) is 3.36. The third-order valence-corrected chi connectivity index (χ3v) is 2.70. The van der Waals surface area contributed by atoms with Crippen molar-refractivity contribution in [2.75, 3.05) is 0 Å². The number of pyridine rings is 1. The Balaban J connectivity index is 2.85. The van der Waals surface area contributed by atoms with Gasteiger partial charge in [-0.15, -0.1) is 0 Å². The Morgan fingerprint density at radius 3 is 2.87 bits per heavy atom. The van der Waals surface area contributed by atoms with Gasteiger partial charge >= 0.3 is 0 Å². The first-order chi connectivity index (χ1) is 7.09. The Kier molecular flexibility index (Phi) is 2.71. The second-order valence-corrected chi connectivity index (χ2v) is 4.28. The molecule has 0 amide bonds. The first-order valence-corrected chi connectivity index (χ1v) is 5.30. The Morgan fingerprint density at radius 2 is 2.20 bits per heavy atom. The van der Waals surface area contributed by atoms with Crippen LogP contribution in [0.4, 0.5) is 4.39 Å². The van der Waals surface area contributed by atoms with Crippen molar-refractivity contribution < 1.29 is 9.50 Å². The molecule has 78 valence electrons. The van der Waals surface area contributed by atoms with Gasteiger partial charge in [0, 0.05) is 16.1 Å². The van der Waals surface area contributed by atoms with E-state index in [4.69, 9.17) is 0 Å². The highest BCUT2D eigenvalue weighted by Gasteiger charge is 2.10. The van der Waals surface area contributed by atoms with Crippen LogP contribution in [-0.2, 0) is 0 Å². The van der Waals surface area contributed by atoms with E-state index in [1.807, 2.05) is 0 Å². The molecule has 0 aliphatic heterocycles. The summed E-state index contributed by atoms with van der Waals surface area (Å²) in [6, 6.07) is 4.81. The van der Waals surface area contributed by atoms with Gasteiger partial charge in [-0.1, -0.05) is 15.9 Å². The van der Waals surface area contributed by atoms with Gasteiger partial charge in [-0.3, -0.25) is 4.98 Å². The Morgan fingerprint density at radius 1 is 1.47 bits per heavy atom. The summed E-state index contributed by atoms with van der Waals surface area (Å²) in [6.45, 7) is 1.65. The lowest BCUT2D eigenvalue weighted by Gasteiger charge is -2.09. The maximum atomic E-state index is 13.5. The molecule has 1 atom stereocenters. The number of nitrogens with zero attached hydrogens (tertiary/aromatic N) is 1. The maximum Gasteiger partial charge on any atom is 0.150 e. The molecular formula is C11H9BrFNO. The van der Waals surface area contributed by atoms with Crippen LogP contribution in [0.25, 0.3) is 10.9 Å². The molecule has 1 unspecified atom stereocenters. The average Bonchev–Trinajstić information content (AvgIpc) is 2.16. The summed E-state index contributed by atoms with van der Waals surface area (Å²) in [4.78, 5) is 3.96. The minimum Gasteiger partial charge on any atom is -0.389 e. The van der Waals surface area contributed by atoms with Crippen LogP contribution < -0.4 is 0 Å². The van der Waals surface area contributed by atoms with Gasteiger partial charge in [0.05, 0.1) is 6.10 Å². The van der Waals surface area contributed by atoms with E-state index in [9.17, 15) is 9.50 Å². The third kappa shape index (κ3) is 1.87. The number of hydrogen-bond donors (Lipinski definition) is 1. The number of benzene rings is 1. The van der Waals surface area contributed by atoms with Crippen molar-refractivity contribution in [1.82, 2.24) is 4.98 Å². The molecule has 0 radical (unpaired) electrons. The topological polar surface area (TPSA) is 33.1 Å². The van der Waals surface area contributed by atoms with Gasteiger partial charge in [0.15, 0.2) is 5.82 Å². The summed E-state index contributed by atoms with van der Waals surface area (Å²) in [7, 11) is 0. The van der Waals surface area contributed by atoms with Crippen molar-refractivity contribution in [3.63, 3.8) is 0 Å². The van der Waals surface area contributed by atoms with Crippen LogP contribution in [-0.4, -0.2) is 10.1 Å². The number of halogens is 2. The Bertz CT molecular complexity index is 513. The number of rotatable bonds is 1. The van der Waals surface area contributed by atoms with E-state index in [1.54, 1.807) is 19.1 Å². The number of aliphatic hydroxyl groups excluding tert-OH is 1. The average molecular weight is 270 g/mol. The van der Waals surface area contributed by atoms with Crippen molar-refractivity contribution in [2.45, 2.75) is 13.0 Å². The molecule has 0 spiro atoms. The number of aromatic nitrogens is 1. The Labute approximate surface area is 94.9 Å². The van der Waals surface area contributed by atoms with Crippen LogP contribution in [0.15, 0.2) is 28.9 Å². The molecule has 0 bridgehead atoms. The zero-order chi connectivity index (χ0) is 11.0. The summed E-state index contributed by atoms with van der Waals surface area (Å²) in [5, 5.41) is 10.2. The van der Waals surface area contributed by atoms with Crippen LogP contribution in [0, 0.1) is 5.82 Å². The highest BCUT2D eigenvalue weighted by atomic mass is 79.9. The van der Waals surface area contributed by atoms with Gasteiger partial charge in [0.1, 0.15) is 5.52 Å². The molecule has 0 saturated heterocycles. The molecule has 1 aromatic carbocycles. The molecule has 1 heterocycles. The summed E-state index contributed by atoms with van der Waals surface area (Å²) in [5.41, 5.74) is 0.969. The van der Waals surface area contributed by atoms with Crippen LogP contribution in [0.1, 0.15) is 18.6 Å². The molecule has 2 nitrogen and oxygen atoms in total. The van der Waals surface area contributed by atoms with E-state index in [0.717, 1.165) is 0 Å². The van der Waals surface area contributed by atoms with E-state index < -0.39 is 6.10 Å². The van der Waals surface area contributed by atoms with Gasteiger partial charge in [-0.05, 0) is 30.7 Å². The molecule has 4 heteroatoms. The second kappa shape index (κ2) is 3.87. The van der Waals surface area contributed by atoms with Crippen molar-refractivity contribution >= 4 is 26.8 Å². The highest BCUT2D eigenvalue weighted by Crippen LogP contribution is 2.27. The maximum absolute atomic E-state index is 13.5. The largest absolute Gasteiger partial charge is 0.389 e. The van der Waals surface area contributed by atoms with E-state index in [2.05, 4.69) is 20.9 Å². The van der Waals surface area contributed by atoms with Crippen LogP contribution in [0.2, 0.25) is 0 Å². The quantitative estimate of drug-likeness (QED) is 0.863. The standard InChI is InChI=1S/C11H9BrFNO/c1-6(15)8-2-3-14-11-9(8)4-7(12)5-10(11)13/h2-6,15H,1H3. The molecule has 0 fully saturated rings. The normalized spacial score (nSPS) is 13.1. The van der Waals surface area contributed by atoms with Gasteiger partial charge in [-0.2, -0.15) is 0 Å². The highest BCUT2D eigenvalue weighted by molar-refractivity contribution is 9.10. The minimum absolute atomic E-state index is 0.289. The van der Waals surface area contributed by atoms with Crippen LogP contribution in [0.3, 0.4) is 0 Å². The first-order valence-electron chi connectivity index (χ1n) is 4.51. The monoisotopic (exact) mass is 269 g/mol. The summed E-state index contributed by atoms with van der Waals surface area (Å²) >= 11 is 3.22. The lowest BCUT2D eigenvalue weighted by Crippen LogP contribution is -1.95. The van der Waals surface area contributed by atoms with E-state index in [0.29, 0.717) is 15.4 Å². The molecule has 1 aromatic heterocycles.